The molecule has 7 nitrogen and oxygen atoms in total. The van der Waals surface area contributed by atoms with Gasteiger partial charge in [0, 0.05) is 22.6 Å². The Kier molecular flexibility index (Phi) is 5.00. The van der Waals surface area contributed by atoms with Gasteiger partial charge < -0.3 is 4.42 Å². The zero-order valence-electron chi connectivity index (χ0n) is 12.9. The van der Waals surface area contributed by atoms with E-state index in [9.17, 15) is 14.9 Å². The molecule has 126 valence electrons. The molecule has 3 aromatic rings. The van der Waals surface area contributed by atoms with Crippen LogP contribution in [0.1, 0.15) is 10.6 Å². The van der Waals surface area contributed by atoms with Crippen LogP contribution < -0.4 is 5.43 Å². The number of hydrazone groups is 1. The summed E-state index contributed by atoms with van der Waals surface area (Å²) in [6, 6.07) is 13.3. The predicted molar refractivity (Wildman–Crippen MR) is 94.6 cm³/mol. The van der Waals surface area contributed by atoms with Gasteiger partial charge in [0.1, 0.15) is 11.5 Å². The van der Waals surface area contributed by atoms with Gasteiger partial charge in [-0.2, -0.15) is 5.10 Å². The third-order valence-corrected chi connectivity index (χ3v) is 4.16. The van der Waals surface area contributed by atoms with E-state index in [1.165, 1.54) is 29.7 Å². The fourth-order valence-corrected chi connectivity index (χ4v) is 2.81. The molecule has 1 aromatic carbocycles. The summed E-state index contributed by atoms with van der Waals surface area (Å²) in [6.07, 6.45) is 1.68. The lowest BCUT2D eigenvalue weighted by molar-refractivity contribution is -0.384. The maximum Gasteiger partial charge on any atom is 0.269 e. The Morgan fingerprint density at radius 3 is 2.72 bits per heavy atom. The first-order valence-electron chi connectivity index (χ1n) is 7.31. The second-order valence-corrected chi connectivity index (χ2v) is 6.09. The van der Waals surface area contributed by atoms with E-state index in [4.69, 9.17) is 4.42 Å². The lowest BCUT2D eigenvalue weighted by Gasteiger charge is -1.97. The van der Waals surface area contributed by atoms with Gasteiger partial charge in [0.25, 0.3) is 5.69 Å². The van der Waals surface area contributed by atoms with Crippen molar-refractivity contribution in [2.24, 2.45) is 5.10 Å². The van der Waals surface area contributed by atoms with Crippen molar-refractivity contribution in [2.45, 2.75) is 6.42 Å². The highest BCUT2D eigenvalue weighted by Crippen LogP contribution is 2.23. The molecule has 0 spiro atoms. The van der Waals surface area contributed by atoms with Gasteiger partial charge in [0.15, 0.2) is 0 Å². The highest BCUT2D eigenvalue weighted by atomic mass is 32.1. The molecule has 0 aliphatic rings. The fourth-order valence-electron chi connectivity index (χ4n) is 2.10. The number of benzene rings is 1. The first-order valence-corrected chi connectivity index (χ1v) is 8.19. The van der Waals surface area contributed by atoms with E-state index >= 15 is 0 Å². The summed E-state index contributed by atoms with van der Waals surface area (Å²) in [7, 11) is 0. The monoisotopic (exact) mass is 355 g/mol. The molecule has 0 radical (unpaired) electrons. The van der Waals surface area contributed by atoms with Crippen molar-refractivity contribution < 1.29 is 14.1 Å². The zero-order chi connectivity index (χ0) is 17.6. The summed E-state index contributed by atoms with van der Waals surface area (Å²) in [6.45, 7) is 0. The third-order valence-electron chi connectivity index (χ3n) is 3.29. The molecule has 3 rings (SSSR count). The maximum absolute atomic E-state index is 11.7. The fraction of sp³-hybridized carbons (Fsp3) is 0.0588. The summed E-state index contributed by atoms with van der Waals surface area (Å²) in [5, 5.41) is 16.4. The molecular formula is C17H13N3O4S. The van der Waals surface area contributed by atoms with Crippen molar-refractivity contribution in [3.05, 3.63) is 74.7 Å². The van der Waals surface area contributed by atoms with Crippen LogP contribution in [0.25, 0.3) is 11.3 Å². The Hall–Kier alpha value is -3.26. The van der Waals surface area contributed by atoms with Crippen LogP contribution in [-0.2, 0) is 11.2 Å². The number of nitrogens with zero attached hydrogens (tertiary/aromatic N) is 2. The number of carbonyl (C=O) groups excluding carboxylic acids is 1. The number of furan rings is 1. The normalized spacial score (nSPS) is 10.9. The van der Waals surface area contributed by atoms with E-state index in [0.717, 1.165) is 4.88 Å². The van der Waals surface area contributed by atoms with Crippen molar-refractivity contribution in [3.8, 4) is 11.3 Å². The molecule has 0 aliphatic carbocycles. The number of rotatable bonds is 6. The van der Waals surface area contributed by atoms with Crippen LogP contribution in [0.5, 0.6) is 0 Å². The quantitative estimate of drug-likeness (QED) is 0.415. The molecule has 0 unspecified atom stereocenters. The molecular weight excluding hydrogens is 342 g/mol. The van der Waals surface area contributed by atoms with Gasteiger partial charge in [0.2, 0.25) is 5.91 Å². The number of hydrogen-bond donors (Lipinski definition) is 1. The Bertz CT molecular complexity index is 898. The van der Waals surface area contributed by atoms with E-state index in [0.29, 0.717) is 17.1 Å². The van der Waals surface area contributed by atoms with Crippen molar-refractivity contribution in [1.29, 1.82) is 0 Å². The van der Waals surface area contributed by atoms with Crippen LogP contribution in [0, 0.1) is 10.1 Å². The molecule has 2 aromatic heterocycles. The first kappa shape index (κ1) is 16.6. The van der Waals surface area contributed by atoms with Gasteiger partial charge in [-0.15, -0.1) is 11.3 Å². The second-order valence-electron chi connectivity index (χ2n) is 5.06. The zero-order valence-corrected chi connectivity index (χ0v) is 13.7. The van der Waals surface area contributed by atoms with Crippen molar-refractivity contribution >= 4 is 29.1 Å². The van der Waals surface area contributed by atoms with Crippen LogP contribution in [-0.4, -0.2) is 17.0 Å². The van der Waals surface area contributed by atoms with Crippen LogP contribution >= 0.6 is 11.3 Å². The van der Waals surface area contributed by atoms with E-state index in [1.807, 2.05) is 17.5 Å². The smallest absolute Gasteiger partial charge is 0.269 e. The largest absolute Gasteiger partial charge is 0.455 e. The Morgan fingerprint density at radius 1 is 1.24 bits per heavy atom. The molecule has 1 amide bonds. The lowest BCUT2D eigenvalue weighted by Crippen LogP contribution is -2.19. The minimum absolute atomic E-state index is 0.0190. The number of nitrogens with one attached hydrogen (secondary N) is 1. The highest BCUT2D eigenvalue weighted by molar-refractivity contribution is 7.10. The van der Waals surface area contributed by atoms with Crippen LogP contribution in [0.4, 0.5) is 5.69 Å². The van der Waals surface area contributed by atoms with Gasteiger partial charge in [-0.05, 0) is 35.7 Å². The first-order chi connectivity index (χ1) is 12.1. The highest BCUT2D eigenvalue weighted by Gasteiger charge is 2.08. The van der Waals surface area contributed by atoms with Crippen LogP contribution in [0.3, 0.4) is 0 Å². The van der Waals surface area contributed by atoms with E-state index in [2.05, 4.69) is 10.5 Å². The summed E-state index contributed by atoms with van der Waals surface area (Å²) in [5.41, 5.74) is 3.17. The number of thiophene rings is 1. The Morgan fingerprint density at radius 2 is 2.04 bits per heavy atom. The van der Waals surface area contributed by atoms with Crippen molar-refractivity contribution in [2.75, 3.05) is 0 Å². The molecule has 0 saturated carbocycles. The molecule has 0 bridgehead atoms. The van der Waals surface area contributed by atoms with Crippen LogP contribution in [0.2, 0.25) is 0 Å². The second kappa shape index (κ2) is 7.54. The molecule has 0 aliphatic heterocycles. The number of amides is 1. The average molecular weight is 355 g/mol. The van der Waals surface area contributed by atoms with Crippen molar-refractivity contribution in [1.82, 2.24) is 5.43 Å². The molecule has 2 heterocycles. The number of hydrogen-bond acceptors (Lipinski definition) is 6. The summed E-state index contributed by atoms with van der Waals surface area (Å²) in [5.74, 6) is 0.812. The molecule has 8 heteroatoms. The number of carbonyl (C=O) groups is 1. The predicted octanol–water partition coefficient (Wildman–Crippen LogP) is 3.61. The van der Waals surface area contributed by atoms with Gasteiger partial charge in [-0.1, -0.05) is 6.07 Å². The Balaban J connectivity index is 1.59. The maximum atomic E-state index is 11.7. The average Bonchev–Trinajstić information content (AvgIpc) is 3.27. The molecule has 0 saturated heterocycles. The SMILES string of the molecule is O=C(Cc1cccs1)N/N=C/c1ccc(-c2ccc([N+](=O)[O-])cc2)o1. The molecule has 1 N–H and O–H groups in total. The minimum atomic E-state index is -0.455. The number of nitro groups is 1. The molecule has 25 heavy (non-hydrogen) atoms. The number of non-ortho nitro benzene ring substituents is 1. The summed E-state index contributed by atoms with van der Waals surface area (Å²) in [4.78, 5) is 22.9. The van der Waals surface area contributed by atoms with Gasteiger partial charge >= 0.3 is 0 Å². The number of nitro benzene ring substituents is 1. The Labute approximate surface area is 146 Å². The van der Waals surface area contributed by atoms with E-state index in [-0.39, 0.29) is 18.0 Å². The standard InChI is InChI=1S/C17H13N3O4S/c21-17(10-15-2-1-9-25-15)19-18-11-14-7-8-16(24-14)12-3-5-13(6-4-12)20(22)23/h1-9,11H,10H2,(H,19,21)/b18-11+. The topological polar surface area (TPSA) is 97.7 Å². The molecule has 0 atom stereocenters. The lowest BCUT2D eigenvalue weighted by atomic mass is 10.1. The van der Waals surface area contributed by atoms with Gasteiger partial charge in [0.05, 0.1) is 17.6 Å². The van der Waals surface area contributed by atoms with E-state index < -0.39 is 4.92 Å². The summed E-state index contributed by atoms with van der Waals surface area (Å²) >= 11 is 1.51. The van der Waals surface area contributed by atoms with Crippen molar-refractivity contribution in [3.63, 3.8) is 0 Å². The molecule has 0 fully saturated rings. The van der Waals surface area contributed by atoms with Crippen LogP contribution in [0.15, 0.2) is 63.4 Å². The summed E-state index contributed by atoms with van der Waals surface area (Å²) < 4.78 is 5.59. The van der Waals surface area contributed by atoms with E-state index in [1.54, 1.807) is 24.3 Å². The minimum Gasteiger partial charge on any atom is -0.455 e. The van der Waals surface area contributed by atoms with Gasteiger partial charge in [-0.25, -0.2) is 5.43 Å². The third kappa shape index (κ3) is 4.39. The van der Waals surface area contributed by atoms with Gasteiger partial charge in [-0.3, -0.25) is 14.9 Å².